The van der Waals surface area contributed by atoms with Crippen LogP contribution in [0.25, 0.3) is 11.3 Å². The fourth-order valence-electron chi connectivity index (χ4n) is 3.78. The highest BCUT2D eigenvalue weighted by Crippen LogP contribution is 2.24. The maximum Gasteiger partial charge on any atom is 0.261 e. The first-order valence-electron chi connectivity index (χ1n) is 10.2. The number of piperidine rings is 1. The molecule has 0 saturated carbocycles. The van der Waals surface area contributed by atoms with Gasteiger partial charge in [-0.05, 0) is 80.6 Å². The molecule has 1 N–H and O–H groups in total. The first kappa shape index (κ1) is 20.3. The van der Waals surface area contributed by atoms with Crippen molar-refractivity contribution in [3.05, 3.63) is 65.7 Å². The Bertz CT molecular complexity index is 1100. The van der Waals surface area contributed by atoms with Gasteiger partial charge in [0.2, 0.25) is 0 Å². The second-order valence-electron chi connectivity index (χ2n) is 7.83. The molecule has 2 aromatic carbocycles. The Hall–Kier alpha value is -2.93. The Kier molecular flexibility index (Phi) is 5.72. The van der Waals surface area contributed by atoms with Crippen LogP contribution in [0, 0.1) is 13.8 Å². The molecule has 2 heterocycles. The number of aryl methyl sites for hydroxylation is 2. The van der Waals surface area contributed by atoms with Gasteiger partial charge in [-0.2, -0.15) is 0 Å². The van der Waals surface area contributed by atoms with E-state index in [1.54, 1.807) is 24.3 Å². The van der Waals surface area contributed by atoms with Crippen LogP contribution in [0.3, 0.4) is 0 Å². The zero-order valence-corrected chi connectivity index (χ0v) is 18.1. The van der Waals surface area contributed by atoms with E-state index < -0.39 is 10.0 Å². The van der Waals surface area contributed by atoms with Crippen molar-refractivity contribution in [3.8, 4) is 11.3 Å². The van der Waals surface area contributed by atoms with Gasteiger partial charge in [-0.25, -0.2) is 8.42 Å². The SMILES string of the molecule is Cc1cc(C)cc(S(=O)(=O)Nc2ccc(-c3ccc(N4CCCCC4)nn3)cc2)c1. The summed E-state index contributed by atoms with van der Waals surface area (Å²) in [5, 5.41) is 8.75. The quantitative estimate of drug-likeness (QED) is 0.653. The van der Waals surface area contributed by atoms with Crippen molar-refractivity contribution in [3.63, 3.8) is 0 Å². The molecule has 4 rings (SSSR count). The van der Waals surface area contributed by atoms with Gasteiger partial charge in [-0.15, -0.1) is 10.2 Å². The molecule has 6 nitrogen and oxygen atoms in total. The zero-order valence-electron chi connectivity index (χ0n) is 17.3. The van der Waals surface area contributed by atoms with Crippen LogP contribution in [0.1, 0.15) is 30.4 Å². The summed E-state index contributed by atoms with van der Waals surface area (Å²) >= 11 is 0. The number of nitrogens with one attached hydrogen (secondary N) is 1. The van der Waals surface area contributed by atoms with Gasteiger partial charge in [-0.1, -0.05) is 18.2 Å². The Morgan fingerprint density at radius 3 is 2.10 bits per heavy atom. The third-order valence-corrected chi connectivity index (χ3v) is 6.63. The highest BCUT2D eigenvalue weighted by molar-refractivity contribution is 7.92. The summed E-state index contributed by atoms with van der Waals surface area (Å²) in [5.74, 6) is 0.913. The van der Waals surface area contributed by atoms with Crippen LogP contribution < -0.4 is 9.62 Å². The van der Waals surface area contributed by atoms with E-state index in [0.29, 0.717) is 5.69 Å². The lowest BCUT2D eigenvalue weighted by molar-refractivity contribution is 0.571. The Morgan fingerprint density at radius 1 is 0.833 bits per heavy atom. The molecule has 1 aromatic heterocycles. The highest BCUT2D eigenvalue weighted by Gasteiger charge is 2.16. The molecular formula is C23H26N4O2S. The van der Waals surface area contributed by atoms with Gasteiger partial charge >= 0.3 is 0 Å². The van der Waals surface area contributed by atoms with E-state index in [4.69, 9.17) is 0 Å². The molecule has 1 aliphatic rings. The Labute approximate surface area is 178 Å². The molecule has 7 heteroatoms. The van der Waals surface area contributed by atoms with Crippen molar-refractivity contribution >= 4 is 21.5 Å². The van der Waals surface area contributed by atoms with Crippen molar-refractivity contribution in [1.82, 2.24) is 10.2 Å². The van der Waals surface area contributed by atoms with Gasteiger partial charge in [0.25, 0.3) is 10.0 Å². The molecule has 1 fully saturated rings. The third kappa shape index (κ3) is 4.62. The van der Waals surface area contributed by atoms with Crippen molar-refractivity contribution in [1.29, 1.82) is 0 Å². The second-order valence-corrected chi connectivity index (χ2v) is 9.51. The van der Waals surface area contributed by atoms with Gasteiger partial charge in [-0.3, -0.25) is 4.72 Å². The summed E-state index contributed by atoms with van der Waals surface area (Å²) in [4.78, 5) is 2.54. The van der Waals surface area contributed by atoms with E-state index in [9.17, 15) is 8.42 Å². The standard InChI is InChI=1S/C23H26N4O2S/c1-17-14-18(2)16-21(15-17)30(28,29)26-20-8-6-19(7-9-20)22-10-11-23(25-24-22)27-12-4-3-5-13-27/h6-11,14-16,26H,3-5,12-13H2,1-2H3. The van der Waals surface area contributed by atoms with Crippen LogP contribution in [0.2, 0.25) is 0 Å². The molecule has 1 saturated heterocycles. The van der Waals surface area contributed by atoms with Crippen LogP contribution in [0.15, 0.2) is 59.5 Å². The molecule has 0 spiro atoms. The second kappa shape index (κ2) is 8.44. The van der Waals surface area contributed by atoms with Crippen LogP contribution in [0.4, 0.5) is 11.5 Å². The Morgan fingerprint density at radius 2 is 1.50 bits per heavy atom. The summed E-state index contributed by atoms with van der Waals surface area (Å²) in [6.45, 7) is 5.84. The molecular weight excluding hydrogens is 396 g/mol. The number of anilines is 2. The van der Waals surface area contributed by atoms with Crippen LogP contribution in [0.5, 0.6) is 0 Å². The largest absolute Gasteiger partial charge is 0.355 e. The normalized spacial score (nSPS) is 14.5. The maximum absolute atomic E-state index is 12.7. The highest BCUT2D eigenvalue weighted by atomic mass is 32.2. The molecule has 0 unspecified atom stereocenters. The van der Waals surface area contributed by atoms with Crippen molar-refractivity contribution in [2.75, 3.05) is 22.7 Å². The van der Waals surface area contributed by atoms with Gasteiger partial charge < -0.3 is 4.90 Å². The summed E-state index contributed by atoms with van der Waals surface area (Å²) in [6, 6.07) is 16.5. The van der Waals surface area contributed by atoms with Crippen LogP contribution in [-0.4, -0.2) is 31.7 Å². The topological polar surface area (TPSA) is 75.2 Å². The fraction of sp³-hybridized carbons (Fsp3) is 0.304. The number of hydrogen-bond donors (Lipinski definition) is 1. The maximum atomic E-state index is 12.7. The summed E-state index contributed by atoms with van der Waals surface area (Å²) < 4.78 is 28.1. The van der Waals surface area contributed by atoms with E-state index >= 15 is 0 Å². The molecule has 0 bridgehead atoms. The van der Waals surface area contributed by atoms with Gasteiger partial charge in [0.1, 0.15) is 0 Å². The summed E-state index contributed by atoms with van der Waals surface area (Å²) in [6.07, 6.45) is 3.67. The first-order valence-corrected chi connectivity index (χ1v) is 11.7. The van der Waals surface area contributed by atoms with Crippen molar-refractivity contribution in [2.24, 2.45) is 0 Å². The molecule has 30 heavy (non-hydrogen) atoms. The molecule has 1 aliphatic heterocycles. The van der Waals surface area contributed by atoms with Gasteiger partial charge in [0, 0.05) is 24.3 Å². The third-order valence-electron chi connectivity index (χ3n) is 5.27. The van der Waals surface area contributed by atoms with E-state index in [1.165, 1.54) is 19.3 Å². The van der Waals surface area contributed by atoms with Gasteiger partial charge in [0.05, 0.1) is 10.6 Å². The number of sulfonamides is 1. The average molecular weight is 423 g/mol. The van der Waals surface area contributed by atoms with E-state index in [0.717, 1.165) is 41.3 Å². The molecule has 0 aliphatic carbocycles. The molecule has 156 valence electrons. The fourth-order valence-corrected chi connectivity index (χ4v) is 5.03. The first-order chi connectivity index (χ1) is 14.4. The van der Waals surface area contributed by atoms with Crippen LogP contribution >= 0.6 is 0 Å². The molecule has 0 radical (unpaired) electrons. The minimum Gasteiger partial charge on any atom is -0.355 e. The lowest BCUT2D eigenvalue weighted by Gasteiger charge is -2.27. The lowest BCUT2D eigenvalue weighted by atomic mass is 10.1. The Balaban J connectivity index is 1.48. The minimum atomic E-state index is -3.64. The smallest absolute Gasteiger partial charge is 0.261 e. The van der Waals surface area contributed by atoms with Crippen molar-refractivity contribution < 1.29 is 8.42 Å². The van der Waals surface area contributed by atoms with Crippen LogP contribution in [-0.2, 0) is 10.0 Å². The molecule has 3 aromatic rings. The monoisotopic (exact) mass is 422 g/mol. The summed E-state index contributed by atoms with van der Waals surface area (Å²) in [7, 11) is -3.64. The average Bonchev–Trinajstić information content (AvgIpc) is 2.74. The zero-order chi connectivity index (χ0) is 21.1. The predicted octanol–water partition coefficient (Wildman–Crippen LogP) is 4.55. The van der Waals surface area contributed by atoms with Crippen molar-refractivity contribution in [2.45, 2.75) is 38.0 Å². The minimum absolute atomic E-state index is 0.267. The predicted molar refractivity (Wildman–Crippen MR) is 120 cm³/mol. The number of hydrogen-bond acceptors (Lipinski definition) is 5. The lowest BCUT2D eigenvalue weighted by Crippen LogP contribution is -2.30. The van der Waals surface area contributed by atoms with E-state index in [1.807, 2.05) is 44.2 Å². The number of benzene rings is 2. The molecule has 0 atom stereocenters. The number of nitrogens with zero attached hydrogens (tertiary/aromatic N) is 3. The molecule has 0 amide bonds. The van der Waals surface area contributed by atoms with E-state index in [2.05, 4.69) is 19.8 Å². The van der Waals surface area contributed by atoms with Gasteiger partial charge in [0.15, 0.2) is 5.82 Å². The number of aromatic nitrogens is 2. The van der Waals surface area contributed by atoms with E-state index in [-0.39, 0.29) is 4.90 Å². The summed E-state index contributed by atoms with van der Waals surface area (Å²) in [5.41, 5.74) is 3.99. The number of rotatable bonds is 5.